The summed E-state index contributed by atoms with van der Waals surface area (Å²) in [5, 5.41) is 67.6. The van der Waals surface area contributed by atoms with E-state index < -0.39 is 76.2 Å². The zero-order valence-corrected chi connectivity index (χ0v) is 14.0. The first kappa shape index (κ1) is 21.4. The van der Waals surface area contributed by atoms with Crippen molar-refractivity contribution in [1.29, 1.82) is 0 Å². The van der Waals surface area contributed by atoms with Gasteiger partial charge in [0.1, 0.15) is 23.5 Å². The fourth-order valence-electron chi connectivity index (χ4n) is 2.91. The summed E-state index contributed by atoms with van der Waals surface area (Å²) in [5.74, 6) is -4.64. The number of nitrogens with zero attached hydrogens (tertiary/aromatic N) is 6. The molecule has 0 saturated heterocycles. The Bertz CT molecular complexity index is 929. The molecule has 0 N–H and O–H groups in total. The van der Waals surface area contributed by atoms with E-state index >= 15 is 0 Å². The normalized spacial score (nSPS) is 20.9. The molecule has 0 bridgehead atoms. The smallest absolute Gasteiger partial charge is 0.231 e. The highest BCUT2D eigenvalue weighted by Crippen LogP contribution is 2.46. The van der Waals surface area contributed by atoms with Gasteiger partial charge in [0.15, 0.2) is 0 Å². The number of nitro groups is 6. The molecular weight excluding hydrogens is 420 g/mol. The molecule has 0 aromatic heterocycles. The lowest BCUT2D eigenvalue weighted by Crippen LogP contribution is -2.41. The summed E-state index contributed by atoms with van der Waals surface area (Å²) in [6, 6.07) is -2.60. The Morgan fingerprint density at radius 2 is 0.867 bits per heavy atom. The Labute approximate surface area is 162 Å². The third-order valence-corrected chi connectivity index (χ3v) is 4.06. The maximum absolute atomic E-state index is 11.4. The average Bonchev–Trinajstić information content (AvgIpc) is 2.65. The van der Waals surface area contributed by atoms with Gasteiger partial charge in [0, 0.05) is 12.2 Å². The van der Waals surface area contributed by atoms with Gasteiger partial charge in [-0.2, -0.15) is 0 Å². The molecule has 2 aliphatic rings. The first-order valence-electron chi connectivity index (χ1n) is 7.33. The molecule has 0 saturated carbocycles. The van der Waals surface area contributed by atoms with Gasteiger partial charge in [-0.05, 0) is 19.7 Å². The molecule has 0 spiro atoms. The van der Waals surface area contributed by atoms with Gasteiger partial charge in [-0.3, -0.25) is 60.7 Å². The Kier molecular flexibility index (Phi) is 5.43. The summed E-state index contributed by atoms with van der Waals surface area (Å²) in [6.07, 6.45) is 1.11. The Hall–Kier alpha value is -4.90. The second-order valence-corrected chi connectivity index (χ2v) is 5.62. The molecular formula is C12H6N6O12-2. The van der Waals surface area contributed by atoms with Crippen LogP contribution in [0.4, 0.5) is 0 Å². The van der Waals surface area contributed by atoms with Crippen molar-refractivity contribution in [2.24, 2.45) is 11.8 Å². The molecule has 0 aromatic carbocycles. The summed E-state index contributed by atoms with van der Waals surface area (Å²) in [6.45, 7) is 0. The minimum absolute atomic E-state index is 0.277. The summed E-state index contributed by atoms with van der Waals surface area (Å²) in [5.41, 5.74) is -4.80. The number of rotatable bonds is 7. The fourth-order valence-corrected chi connectivity index (χ4v) is 2.91. The number of hydrogen-bond acceptors (Lipinski definition) is 12. The molecule has 2 unspecified atom stereocenters. The summed E-state index contributed by atoms with van der Waals surface area (Å²) < 4.78 is 0. The Morgan fingerprint density at radius 1 is 0.567 bits per heavy atom. The highest BCUT2D eigenvalue weighted by atomic mass is 16.7. The lowest BCUT2D eigenvalue weighted by atomic mass is 9.73. The average molecular weight is 426 g/mol. The first-order valence-corrected chi connectivity index (χ1v) is 7.33. The molecule has 2 aliphatic carbocycles. The summed E-state index contributed by atoms with van der Waals surface area (Å²) in [4.78, 5) is 60.0. The minimum atomic E-state index is -2.32. The molecule has 0 aromatic rings. The first-order chi connectivity index (χ1) is 13.9. The van der Waals surface area contributed by atoms with Gasteiger partial charge < -0.3 is 0 Å². The molecule has 0 radical (unpaired) electrons. The van der Waals surface area contributed by atoms with E-state index in [1.54, 1.807) is 0 Å². The van der Waals surface area contributed by atoms with Crippen molar-refractivity contribution in [3.8, 4) is 0 Å². The van der Waals surface area contributed by atoms with Gasteiger partial charge in [0.05, 0.1) is 21.7 Å². The van der Waals surface area contributed by atoms with Gasteiger partial charge >= 0.3 is 0 Å². The fraction of sp³-hybridized carbons (Fsp3) is 0.167. The molecule has 2 atom stereocenters. The van der Waals surface area contributed by atoms with E-state index in [2.05, 4.69) is 0 Å². The number of allylic oxidation sites excluding steroid dienone is 2. The quantitative estimate of drug-likeness (QED) is 0.306. The second-order valence-electron chi connectivity index (χ2n) is 5.62. The molecule has 30 heavy (non-hydrogen) atoms. The van der Waals surface area contributed by atoms with Crippen molar-refractivity contribution in [1.82, 2.24) is 0 Å². The maximum Gasteiger partial charge on any atom is 0.231 e. The van der Waals surface area contributed by atoms with Crippen molar-refractivity contribution in [3.63, 3.8) is 0 Å². The van der Waals surface area contributed by atoms with Crippen LogP contribution >= 0.6 is 0 Å². The van der Waals surface area contributed by atoms with Crippen molar-refractivity contribution in [2.75, 3.05) is 0 Å². The van der Waals surface area contributed by atoms with Gasteiger partial charge in [0.25, 0.3) is 0 Å². The van der Waals surface area contributed by atoms with Gasteiger partial charge in [0.2, 0.25) is 11.4 Å². The third-order valence-electron chi connectivity index (χ3n) is 4.06. The number of hydrogen-bond donors (Lipinski definition) is 0. The predicted octanol–water partition coefficient (Wildman–Crippen LogP) is 0.506. The van der Waals surface area contributed by atoms with Crippen LogP contribution in [0.3, 0.4) is 0 Å². The summed E-state index contributed by atoms with van der Waals surface area (Å²) in [7, 11) is 0. The summed E-state index contributed by atoms with van der Waals surface area (Å²) >= 11 is 0. The van der Waals surface area contributed by atoms with Gasteiger partial charge in [-0.1, -0.05) is 12.2 Å². The topological polar surface area (TPSA) is 259 Å². The predicted molar refractivity (Wildman–Crippen MR) is 87.8 cm³/mol. The van der Waals surface area contributed by atoms with Crippen LogP contribution in [0.2, 0.25) is 0 Å². The Morgan fingerprint density at radius 3 is 1.07 bits per heavy atom. The van der Waals surface area contributed by atoms with E-state index in [0.717, 1.165) is 0 Å². The van der Waals surface area contributed by atoms with Crippen LogP contribution in [0, 0.1) is 84.6 Å². The van der Waals surface area contributed by atoms with Crippen LogP contribution in [0.25, 0.3) is 0 Å². The lowest BCUT2D eigenvalue weighted by molar-refractivity contribution is -0.512. The molecule has 0 heterocycles. The monoisotopic (exact) mass is 426 g/mol. The van der Waals surface area contributed by atoms with Crippen LogP contribution in [0.1, 0.15) is 0 Å². The van der Waals surface area contributed by atoms with E-state index in [1.807, 2.05) is 0 Å². The van der Waals surface area contributed by atoms with Crippen molar-refractivity contribution in [3.05, 3.63) is 120 Å². The molecule has 18 nitrogen and oxygen atoms in total. The highest BCUT2D eigenvalue weighted by molar-refractivity contribution is 5.39. The zero-order chi connectivity index (χ0) is 22.9. The van der Waals surface area contributed by atoms with Crippen LogP contribution in [-0.4, -0.2) is 29.5 Å². The van der Waals surface area contributed by atoms with Gasteiger partial charge in [-0.25, -0.2) is 0 Å². The molecule has 2 rings (SSSR count). The van der Waals surface area contributed by atoms with Crippen LogP contribution in [0.15, 0.2) is 47.1 Å². The molecule has 18 heteroatoms. The largest absolute Gasteiger partial charge is 0.277 e. The third kappa shape index (κ3) is 3.72. The lowest BCUT2D eigenvalue weighted by Gasteiger charge is -2.34. The minimum Gasteiger partial charge on any atom is -0.277 e. The van der Waals surface area contributed by atoms with E-state index in [-0.39, 0.29) is 24.3 Å². The van der Waals surface area contributed by atoms with E-state index in [0.29, 0.717) is 0 Å². The molecule has 0 fully saturated rings. The molecule has 0 aliphatic heterocycles. The maximum atomic E-state index is 11.4. The van der Waals surface area contributed by atoms with Crippen molar-refractivity contribution in [2.45, 2.75) is 0 Å². The van der Waals surface area contributed by atoms with E-state index in [9.17, 15) is 60.7 Å². The van der Waals surface area contributed by atoms with E-state index in [1.165, 1.54) is 0 Å². The second kappa shape index (κ2) is 7.61. The van der Waals surface area contributed by atoms with Crippen LogP contribution in [-0.2, 0) is 0 Å². The SMILES string of the molecule is O=[N+]([O-])C1=C[C-]([N+](=O)[O-])C(C2C([N+](=O)[O-])=CC([N+](=O)[O-])=C[C-]2[N+](=O)[O-])C([N+](=O)[O-])=C1. The van der Waals surface area contributed by atoms with Crippen LogP contribution < -0.4 is 0 Å². The van der Waals surface area contributed by atoms with Crippen molar-refractivity contribution < 1.29 is 29.5 Å². The van der Waals surface area contributed by atoms with E-state index in [4.69, 9.17) is 0 Å². The molecule has 158 valence electrons. The zero-order valence-electron chi connectivity index (χ0n) is 14.0. The van der Waals surface area contributed by atoms with Crippen LogP contribution in [0.5, 0.6) is 0 Å². The highest BCUT2D eigenvalue weighted by Gasteiger charge is 2.52. The Balaban J connectivity index is 2.80. The standard InChI is InChI=1S/C12H6N6O12/c19-13(20)5-1-7(15(23)24)11(8(2-5)16(25)26)12-9(17(27)28)3-6(14(21)22)4-10(12)18(29)30/h1-4,11-12H/q-2. The van der Waals surface area contributed by atoms with Gasteiger partial charge in [-0.15, -0.1) is 0 Å². The molecule has 0 amide bonds. The van der Waals surface area contributed by atoms with Crippen molar-refractivity contribution >= 4 is 0 Å².